The summed E-state index contributed by atoms with van der Waals surface area (Å²) in [5.74, 6) is -1.13. The zero-order chi connectivity index (χ0) is 20.9. The summed E-state index contributed by atoms with van der Waals surface area (Å²) >= 11 is 6.50. The SMILES string of the molecule is CCOc1cc(-c2nnc(C(C)O)o2)c(Cl)c2c1C(=O)[C@@]1(CCC(=O)C=C1O)O2. The number of ether oxygens (including phenoxy) is 2. The van der Waals surface area contributed by atoms with E-state index < -0.39 is 23.2 Å². The zero-order valence-electron chi connectivity index (χ0n) is 15.6. The van der Waals surface area contributed by atoms with Gasteiger partial charge in [0, 0.05) is 18.9 Å². The minimum Gasteiger partial charge on any atom is -0.507 e. The number of rotatable bonds is 4. The third kappa shape index (κ3) is 2.89. The van der Waals surface area contributed by atoms with Crippen LogP contribution in [0.4, 0.5) is 0 Å². The van der Waals surface area contributed by atoms with E-state index in [9.17, 15) is 19.8 Å². The Morgan fingerprint density at radius 3 is 2.76 bits per heavy atom. The van der Waals surface area contributed by atoms with E-state index in [0.29, 0.717) is 0 Å². The van der Waals surface area contributed by atoms with Crippen LogP contribution in [0.25, 0.3) is 11.5 Å². The molecule has 0 saturated heterocycles. The number of fused-ring (bicyclic) bond motifs is 1. The number of aliphatic hydroxyl groups excluding tert-OH is 2. The number of hydrogen-bond donors (Lipinski definition) is 2. The van der Waals surface area contributed by atoms with Gasteiger partial charge in [-0.15, -0.1) is 10.2 Å². The van der Waals surface area contributed by atoms with Crippen LogP contribution in [0.1, 0.15) is 49.0 Å². The van der Waals surface area contributed by atoms with Crippen LogP contribution in [-0.2, 0) is 4.79 Å². The lowest BCUT2D eigenvalue weighted by molar-refractivity contribution is -0.116. The van der Waals surface area contributed by atoms with Crippen LogP contribution in [0.5, 0.6) is 11.5 Å². The van der Waals surface area contributed by atoms with Gasteiger partial charge in [-0.2, -0.15) is 0 Å². The quantitative estimate of drug-likeness (QED) is 0.765. The number of ketones is 2. The van der Waals surface area contributed by atoms with Crippen molar-refractivity contribution in [1.82, 2.24) is 10.2 Å². The summed E-state index contributed by atoms with van der Waals surface area (Å²) in [5, 5.41) is 27.6. The van der Waals surface area contributed by atoms with Crippen LogP contribution in [0, 0.1) is 0 Å². The fourth-order valence-electron chi connectivity index (χ4n) is 3.38. The monoisotopic (exact) mass is 420 g/mol. The maximum atomic E-state index is 13.2. The second-order valence-electron chi connectivity index (χ2n) is 6.75. The molecule has 10 heteroatoms. The lowest BCUT2D eigenvalue weighted by Gasteiger charge is -2.28. The van der Waals surface area contributed by atoms with Crippen LogP contribution in [0.3, 0.4) is 0 Å². The van der Waals surface area contributed by atoms with Gasteiger partial charge >= 0.3 is 0 Å². The highest BCUT2D eigenvalue weighted by Crippen LogP contribution is 2.52. The topological polar surface area (TPSA) is 132 Å². The molecule has 152 valence electrons. The Balaban J connectivity index is 1.89. The van der Waals surface area contributed by atoms with Crippen molar-refractivity contribution in [2.75, 3.05) is 6.61 Å². The molecule has 2 aliphatic rings. The highest BCUT2D eigenvalue weighted by Gasteiger charge is 2.55. The van der Waals surface area contributed by atoms with Gasteiger partial charge in [-0.25, -0.2) is 0 Å². The van der Waals surface area contributed by atoms with E-state index in [2.05, 4.69) is 10.2 Å². The van der Waals surface area contributed by atoms with E-state index in [0.717, 1.165) is 6.08 Å². The number of carbonyl (C=O) groups is 2. The van der Waals surface area contributed by atoms with E-state index in [1.807, 2.05) is 0 Å². The molecule has 1 spiro atoms. The van der Waals surface area contributed by atoms with Crippen LogP contribution >= 0.6 is 11.6 Å². The lowest BCUT2D eigenvalue weighted by atomic mass is 9.83. The highest BCUT2D eigenvalue weighted by molar-refractivity contribution is 6.36. The maximum Gasteiger partial charge on any atom is 0.249 e. The van der Waals surface area contributed by atoms with Crippen molar-refractivity contribution >= 4 is 23.2 Å². The van der Waals surface area contributed by atoms with Crippen molar-refractivity contribution in [2.45, 2.75) is 38.4 Å². The molecule has 2 heterocycles. The fraction of sp³-hybridized carbons (Fsp3) is 0.368. The molecule has 1 aliphatic carbocycles. The Kier molecular flexibility index (Phi) is 4.59. The van der Waals surface area contributed by atoms with E-state index in [-0.39, 0.29) is 64.7 Å². The van der Waals surface area contributed by atoms with Crippen molar-refractivity contribution in [2.24, 2.45) is 0 Å². The van der Waals surface area contributed by atoms with Gasteiger partial charge in [0.25, 0.3) is 0 Å². The minimum absolute atomic E-state index is 0.00344. The second-order valence-corrected chi connectivity index (χ2v) is 7.13. The molecule has 0 bridgehead atoms. The Morgan fingerprint density at radius 2 is 2.14 bits per heavy atom. The maximum absolute atomic E-state index is 13.2. The lowest BCUT2D eigenvalue weighted by Crippen LogP contribution is -2.45. The Morgan fingerprint density at radius 1 is 1.38 bits per heavy atom. The molecule has 0 radical (unpaired) electrons. The summed E-state index contributed by atoms with van der Waals surface area (Å²) in [7, 11) is 0. The standard InChI is InChI=1S/C19H17ClN2O7/c1-3-27-11-7-10(18-22-21-17(28-18)8(2)23)14(20)15-13(11)16(26)19(29-15)5-4-9(24)6-12(19)25/h6-8,23,25H,3-5H2,1-2H3/t8?,19-/m0/s1. The minimum atomic E-state index is -1.72. The average molecular weight is 421 g/mol. The molecule has 1 aromatic carbocycles. The van der Waals surface area contributed by atoms with Crippen molar-refractivity contribution in [3.05, 3.63) is 34.4 Å². The van der Waals surface area contributed by atoms with Gasteiger partial charge in [-0.3, -0.25) is 9.59 Å². The summed E-state index contributed by atoms with van der Waals surface area (Å²) in [5.41, 5.74) is -1.40. The van der Waals surface area contributed by atoms with Gasteiger partial charge in [0.05, 0.1) is 17.2 Å². The van der Waals surface area contributed by atoms with E-state index in [4.69, 9.17) is 25.5 Å². The van der Waals surface area contributed by atoms with Gasteiger partial charge < -0.3 is 24.1 Å². The van der Waals surface area contributed by atoms with Gasteiger partial charge in [0.1, 0.15) is 23.2 Å². The first kappa shape index (κ1) is 19.4. The summed E-state index contributed by atoms with van der Waals surface area (Å²) in [6.07, 6.45) is 0.0412. The predicted octanol–water partition coefficient (Wildman–Crippen LogP) is 2.96. The molecule has 0 saturated carbocycles. The normalized spacial score (nSPS) is 21.7. The van der Waals surface area contributed by atoms with Crippen LogP contribution in [0.2, 0.25) is 5.02 Å². The molecule has 1 aromatic heterocycles. The van der Waals surface area contributed by atoms with Gasteiger partial charge in [0.15, 0.2) is 11.5 Å². The Hall–Kier alpha value is -2.91. The first-order chi connectivity index (χ1) is 13.8. The zero-order valence-corrected chi connectivity index (χ0v) is 16.3. The van der Waals surface area contributed by atoms with E-state index >= 15 is 0 Å². The number of Topliss-reactive ketones (excluding diaryl/α,β-unsaturated/α-hetero) is 1. The third-order valence-electron chi connectivity index (χ3n) is 4.82. The Labute approximate surface area is 169 Å². The molecule has 1 aliphatic heterocycles. The average Bonchev–Trinajstić information content (AvgIpc) is 3.26. The number of aromatic nitrogens is 2. The van der Waals surface area contributed by atoms with Crippen molar-refractivity contribution in [3.63, 3.8) is 0 Å². The number of halogens is 1. The second kappa shape index (κ2) is 6.85. The number of carbonyl (C=O) groups excluding carboxylic acids is 2. The van der Waals surface area contributed by atoms with Gasteiger partial charge in [-0.05, 0) is 19.9 Å². The van der Waals surface area contributed by atoms with Crippen molar-refractivity contribution in [3.8, 4) is 23.0 Å². The third-order valence-corrected chi connectivity index (χ3v) is 5.19. The number of nitrogens with zero attached hydrogens (tertiary/aromatic N) is 2. The molecule has 29 heavy (non-hydrogen) atoms. The van der Waals surface area contributed by atoms with E-state index in [1.54, 1.807) is 6.92 Å². The number of benzene rings is 1. The number of hydrogen-bond acceptors (Lipinski definition) is 9. The summed E-state index contributed by atoms with van der Waals surface area (Å²) in [6, 6.07) is 1.47. The molecule has 9 nitrogen and oxygen atoms in total. The molecule has 2 N–H and O–H groups in total. The van der Waals surface area contributed by atoms with Crippen LogP contribution < -0.4 is 9.47 Å². The Bertz CT molecular complexity index is 1060. The number of allylic oxidation sites excluding steroid dienone is 1. The van der Waals surface area contributed by atoms with Gasteiger partial charge in [-0.1, -0.05) is 11.6 Å². The first-order valence-electron chi connectivity index (χ1n) is 8.97. The van der Waals surface area contributed by atoms with Crippen molar-refractivity contribution in [1.29, 1.82) is 0 Å². The first-order valence-corrected chi connectivity index (χ1v) is 9.35. The molecule has 0 fully saturated rings. The molecule has 4 rings (SSSR count). The van der Waals surface area contributed by atoms with Crippen LogP contribution in [0.15, 0.2) is 22.3 Å². The smallest absolute Gasteiger partial charge is 0.249 e. The molecular weight excluding hydrogens is 404 g/mol. The summed E-state index contributed by atoms with van der Waals surface area (Å²) in [4.78, 5) is 24.8. The summed E-state index contributed by atoms with van der Waals surface area (Å²) in [6.45, 7) is 3.46. The molecule has 2 atom stereocenters. The molecular formula is C19H17ClN2O7. The molecule has 0 amide bonds. The largest absolute Gasteiger partial charge is 0.507 e. The number of aliphatic hydroxyl groups is 2. The summed E-state index contributed by atoms with van der Waals surface area (Å²) < 4.78 is 16.9. The highest BCUT2D eigenvalue weighted by atomic mass is 35.5. The fourth-order valence-corrected chi connectivity index (χ4v) is 3.65. The molecule has 1 unspecified atom stereocenters. The van der Waals surface area contributed by atoms with Crippen LogP contribution in [-0.4, -0.2) is 44.2 Å². The predicted molar refractivity (Wildman–Crippen MR) is 99.2 cm³/mol. The molecule has 2 aromatic rings. The van der Waals surface area contributed by atoms with Gasteiger partial charge in [0.2, 0.25) is 23.2 Å². The van der Waals surface area contributed by atoms with E-state index in [1.165, 1.54) is 13.0 Å². The van der Waals surface area contributed by atoms with Crippen molar-refractivity contribution < 1.29 is 33.7 Å².